The van der Waals surface area contributed by atoms with Crippen molar-refractivity contribution in [3.05, 3.63) is 65.2 Å². The number of pyridine rings is 1. The van der Waals surface area contributed by atoms with E-state index >= 15 is 0 Å². The molecule has 0 aliphatic rings. The quantitative estimate of drug-likeness (QED) is 0.873. The molecular weight excluding hydrogens is 231 g/mol. The topological polar surface area (TPSA) is 33.1 Å². The second-order valence-electron chi connectivity index (χ2n) is 3.44. The Morgan fingerprint density at radius 1 is 1.06 bits per heavy atom. The van der Waals surface area contributed by atoms with E-state index in [-0.39, 0.29) is 11.3 Å². The van der Waals surface area contributed by atoms with Crippen LogP contribution < -0.4 is 0 Å². The van der Waals surface area contributed by atoms with Crippen molar-refractivity contribution in [2.75, 3.05) is 0 Å². The van der Waals surface area contributed by atoms with E-state index < -0.39 is 23.6 Å². The Morgan fingerprint density at radius 3 is 2.47 bits per heavy atom. The lowest BCUT2D eigenvalue weighted by Gasteiger charge is -2.11. The highest BCUT2D eigenvalue weighted by atomic mass is 19.1. The van der Waals surface area contributed by atoms with Gasteiger partial charge in [-0.2, -0.15) is 0 Å². The van der Waals surface area contributed by atoms with Gasteiger partial charge < -0.3 is 5.11 Å². The largest absolute Gasteiger partial charge is 0.382 e. The summed E-state index contributed by atoms with van der Waals surface area (Å²) in [4.78, 5) is 3.63. The molecule has 0 aliphatic carbocycles. The summed E-state index contributed by atoms with van der Waals surface area (Å²) < 4.78 is 39.4. The molecule has 0 bridgehead atoms. The molecule has 0 aliphatic heterocycles. The molecule has 0 saturated carbocycles. The van der Waals surface area contributed by atoms with Crippen LogP contribution in [0.1, 0.15) is 17.4 Å². The highest BCUT2D eigenvalue weighted by molar-refractivity contribution is 5.28. The minimum atomic E-state index is -1.56. The summed E-state index contributed by atoms with van der Waals surface area (Å²) >= 11 is 0. The lowest BCUT2D eigenvalue weighted by Crippen LogP contribution is -2.07. The first-order valence-corrected chi connectivity index (χ1v) is 4.83. The first-order valence-electron chi connectivity index (χ1n) is 4.83. The molecule has 1 aromatic heterocycles. The lowest BCUT2D eigenvalue weighted by molar-refractivity contribution is 0.204. The third-order valence-electron chi connectivity index (χ3n) is 2.30. The van der Waals surface area contributed by atoms with E-state index in [4.69, 9.17) is 0 Å². The van der Waals surface area contributed by atoms with Gasteiger partial charge in [-0.1, -0.05) is 6.07 Å². The third-order valence-corrected chi connectivity index (χ3v) is 2.30. The normalized spacial score (nSPS) is 12.5. The molecule has 0 saturated heterocycles. The average Bonchev–Trinajstić information content (AvgIpc) is 2.29. The second kappa shape index (κ2) is 4.55. The summed E-state index contributed by atoms with van der Waals surface area (Å²) in [6.45, 7) is 0. The molecule has 0 fully saturated rings. The van der Waals surface area contributed by atoms with Gasteiger partial charge in [0.25, 0.3) is 0 Å². The first kappa shape index (κ1) is 11.6. The van der Waals surface area contributed by atoms with E-state index in [0.29, 0.717) is 6.07 Å². The molecular formula is C12H8F3NO. The smallest absolute Gasteiger partial charge is 0.147 e. The fourth-order valence-corrected chi connectivity index (χ4v) is 1.47. The van der Waals surface area contributed by atoms with E-state index in [1.54, 1.807) is 0 Å². The fourth-order valence-electron chi connectivity index (χ4n) is 1.47. The number of nitrogens with zero attached hydrogens (tertiary/aromatic N) is 1. The SMILES string of the molecule is OC(c1ccc(F)cc1F)c1ncccc1F. The van der Waals surface area contributed by atoms with Gasteiger partial charge in [0.2, 0.25) is 0 Å². The maximum absolute atomic E-state index is 13.4. The number of aliphatic hydroxyl groups is 1. The van der Waals surface area contributed by atoms with Gasteiger partial charge in [0, 0.05) is 17.8 Å². The Bertz CT molecular complexity index is 545. The number of hydrogen-bond acceptors (Lipinski definition) is 2. The van der Waals surface area contributed by atoms with Crippen LogP contribution in [0.4, 0.5) is 13.2 Å². The summed E-state index contributed by atoms with van der Waals surface area (Å²) in [5.41, 5.74) is -0.512. The van der Waals surface area contributed by atoms with Crippen LogP contribution in [-0.4, -0.2) is 10.1 Å². The highest BCUT2D eigenvalue weighted by Crippen LogP contribution is 2.24. The minimum absolute atomic E-state index is 0.219. The van der Waals surface area contributed by atoms with Crippen LogP contribution in [0.15, 0.2) is 36.5 Å². The monoisotopic (exact) mass is 239 g/mol. The van der Waals surface area contributed by atoms with Gasteiger partial charge >= 0.3 is 0 Å². The maximum Gasteiger partial charge on any atom is 0.147 e. The van der Waals surface area contributed by atoms with Crippen molar-refractivity contribution in [2.24, 2.45) is 0 Å². The molecule has 1 atom stereocenters. The zero-order valence-corrected chi connectivity index (χ0v) is 8.57. The van der Waals surface area contributed by atoms with Gasteiger partial charge in [0.1, 0.15) is 29.2 Å². The van der Waals surface area contributed by atoms with Crippen LogP contribution in [-0.2, 0) is 0 Å². The molecule has 1 heterocycles. The number of aromatic nitrogens is 1. The molecule has 5 heteroatoms. The molecule has 2 aromatic rings. The van der Waals surface area contributed by atoms with Crippen LogP contribution in [0.5, 0.6) is 0 Å². The van der Waals surface area contributed by atoms with E-state index in [0.717, 1.165) is 18.2 Å². The third kappa shape index (κ3) is 2.29. The predicted octanol–water partition coefficient (Wildman–Crippen LogP) is 2.58. The zero-order chi connectivity index (χ0) is 12.4. The average molecular weight is 239 g/mol. The van der Waals surface area contributed by atoms with Crippen LogP contribution in [0, 0.1) is 17.5 Å². The lowest BCUT2D eigenvalue weighted by atomic mass is 10.0. The first-order chi connectivity index (χ1) is 8.09. The van der Waals surface area contributed by atoms with Gasteiger partial charge in [-0.3, -0.25) is 4.98 Å². The predicted molar refractivity (Wildman–Crippen MR) is 54.6 cm³/mol. The molecule has 2 rings (SSSR count). The summed E-state index contributed by atoms with van der Waals surface area (Å²) in [7, 11) is 0. The molecule has 0 spiro atoms. The van der Waals surface area contributed by atoms with Gasteiger partial charge in [0.15, 0.2) is 0 Å². The van der Waals surface area contributed by atoms with Crippen LogP contribution in [0.3, 0.4) is 0 Å². The van der Waals surface area contributed by atoms with Crippen molar-refractivity contribution in [3.63, 3.8) is 0 Å². The van der Waals surface area contributed by atoms with E-state index in [1.807, 2.05) is 0 Å². The van der Waals surface area contributed by atoms with Crippen molar-refractivity contribution in [1.29, 1.82) is 0 Å². The molecule has 0 amide bonds. The molecule has 0 radical (unpaired) electrons. The van der Waals surface area contributed by atoms with Gasteiger partial charge in [-0.05, 0) is 18.2 Å². The molecule has 1 N–H and O–H groups in total. The number of aliphatic hydroxyl groups excluding tert-OH is 1. The van der Waals surface area contributed by atoms with Crippen LogP contribution >= 0.6 is 0 Å². The maximum atomic E-state index is 13.4. The van der Waals surface area contributed by atoms with Gasteiger partial charge in [-0.15, -0.1) is 0 Å². The standard InChI is InChI=1S/C12H8F3NO/c13-7-3-4-8(10(15)6-7)12(17)11-9(14)2-1-5-16-11/h1-6,12,17H. The molecule has 88 valence electrons. The molecule has 1 unspecified atom stereocenters. The Hall–Kier alpha value is -1.88. The van der Waals surface area contributed by atoms with Crippen molar-refractivity contribution >= 4 is 0 Å². The van der Waals surface area contributed by atoms with Crippen molar-refractivity contribution in [2.45, 2.75) is 6.10 Å². The Morgan fingerprint density at radius 2 is 1.82 bits per heavy atom. The van der Waals surface area contributed by atoms with Gasteiger partial charge in [0.05, 0.1) is 0 Å². The Labute approximate surface area is 95.4 Å². The Balaban J connectivity index is 2.44. The molecule has 17 heavy (non-hydrogen) atoms. The van der Waals surface area contributed by atoms with Gasteiger partial charge in [-0.25, -0.2) is 13.2 Å². The van der Waals surface area contributed by atoms with Crippen LogP contribution in [0.25, 0.3) is 0 Å². The summed E-state index contributed by atoms with van der Waals surface area (Å²) in [5.74, 6) is -2.45. The minimum Gasteiger partial charge on any atom is -0.382 e. The second-order valence-corrected chi connectivity index (χ2v) is 3.44. The summed E-state index contributed by atoms with van der Waals surface area (Å²) in [5, 5.41) is 9.78. The number of hydrogen-bond donors (Lipinski definition) is 1. The van der Waals surface area contributed by atoms with E-state index in [9.17, 15) is 18.3 Å². The van der Waals surface area contributed by atoms with Crippen molar-refractivity contribution < 1.29 is 18.3 Å². The summed E-state index contributed by atoms with van der Waals surface area (Å²) in [6.07, 6.45) is -0.278. The van der Waals surface area contributed by atoms with Crippen molar-refractivity contribution in [1.82, 2.24) is 4.98 Å². The Kier molecular flexibility index (Phi) is 3.10. The molecule has 1 aromatic carbocycles. The van der Waals surface area contributed by atoms with Crippen LogP contribution in [0.2, 0.25) is 0 Å². The highest BCUT2D eigenvalue weighted by Gasteiger charge is 2.19. The molecule has 2 nitrogen and oxygen atoms in total. The van der Waals surface area contributed by atoms with E-state index in [2.05, 4.69) is 4.98 Å². The fraction of sp³-hybridized carbons (Fsp3) is 0.0833. The summed E-state index contributed by atoms with van der Waals surface area (Å²) in [6, 6.07) is 5.13. The van der Waals surface area contributed by atoms with Crippen molar-refractivity contribution in [3.8, 4) is 0 Å². The zero-order valence-electron chi connectivity index (χ0n) is 8.57. The number of benzene rings is 1. The van der Waals surface area contributed by atoms with E-state index in [1.165, 1.54) is 12.3 Å². The number of halogens is 3. The number of rotatable bonds is 2.